The molecule has 5 aromatic rings. The number of nitrogens with zero attached hydrogens (tertiary/aromatic N) is 1. The first-order valence-corrected chi connectivity index (χ1v) is 16.0. The molecule has 0 N–H and O–H groups in total. The second-order valence-electron chi connectivity index (χ2n) is 9.25. The van der Waals surface area contributed by atoms with Crippen LogP contribution in [-0.2, 0) is 11.1 Å². The highest BCUT2D eigenvalue weighted by molar-refractivity contribution is 7.43. The summed E-state index contributed by atoms with van der Waals surface area (Å²) in [6.07, 6.45) is 4.08. The van der Waals surface area contributed by atoms with E-state index < -0.39 is 17.2 Å². The molecule has 236 valence electrons. The highest BCUT2D eigenvalue weighted by Gasteiger charge is 2.26. The van der Waals surface area contributed by atoms with E-state index in [9.17, 15) is 19.2 Å². The molecule has 0 saturated carbocycles. The van der Waals surface area contributed by atoms with Crippen molar-refractivity contribution in [1.29, 1.82) is 0 Å². The Kier molecular flexibility index (Phi) is 11.7. The van der Waals surface area contributed by atoms with Crippen LogP contribution in [0.5, 0.6) is 28.7 Å². The van der Waals surface area contributed by atoms with Crippen LogP contribution in [0, 0.1) is 0 Å². The van der Waals surface area contributed by atoms with Gasteiger partial charge in [-0.25, -0.2) is 0 Å². The van der Waals surface area contributed by atoms with Crippen molar-refractivity contribution in [3.63, 3.8) is 0 Å². The number of aromatic nitrogens is 1. The van der Waals surface area contributed by atoms with Crippen molar-refractivity contribution in [2.45, 2.75) is 6.61 Å². The molecule has 0 aliphatic heterocycles. The van der Waals surface area contributed by atoms with E-state index in [1.807, 2.05) is 0 Å². The van der Waals surface area contributed by atoms with E-state index in [-0.39, 0.29) is 63.3 Å². The zero-order valence-electron chi connectivity index (χ0n) is 24.4. The molecule has 0 saturated heterocycles. The van der Waals surface area contributed by atoms with E-state index in [0.29, 0.717) is 25.1 Å². The number of aldehydes is 4. The molecule has 0 unspecified atom stereocenters. The molecular weight excluding hydrogens is 644 g/mol. The Labute approximate surface area is 272 Å². The van der Waals surface area contributed by atoms with E-state index in [1.165, 1.54) is 6.20 Å². The van der Waals surface area contributed by atoms with Crippen molar-refractivity contribution in [2.75, 3.05) is 0 Å². The zero-order chi connectivity index (χ0) is 32.8. The van der Waals surface area contributed by atoms with Crippen LogP contribution in [0.1, 0.15) is 47.1 Å². The fraction of sp³-hybridized carbons (Fsp3) is 0.0294. The molecular formula is C34H25NO10P2. The van der Waals surface area contributed by atoms with Crippen LogP contribution in [0.2, 0.25) is 0 Å². The lowest BCUT2D eigenvalue weighted by Crippen LogP contribution is -2.08. The Hall–Kier alpha value is -5.47. The Morgan fingerprint density at radius 2 is 0.787 bits per heavy atom. The molecule has 1 aromatic heterocycles. The van der Waals surface area contributed by atoms with E-state index in [4.69, 9.17) is 27.1 Å². The lowest BCUT2D eigenvalue weighted by Gasteiger charge is -2.21. The number of carbonyl (C=O) groups excluding carboxylic acids is 4. The minimum absolute atomic E-state index is 0.197. The third kappa shape index (κ3) is 8.83. The smallest absolute Gasteiger partial charge is 0.417 e. The predicted molar refractivity (Wildman–Crippen MR) is 173 cm³/mol. The second-order valence-corrected chi connectivity index (χ2v) is 11.3. The second kappa shape index (κ2) is 16.7. The third-order valence-electron chi connectivity index (χ3n) is 6.20. The summed E-state index contributed by atoms with van der Waals surface area (Å²) in [7, 11) is -4.57. The first-order chi connectivity index (χ1) is 23.1. The summed E-state index contributed by atoms with van der Waals surface area (Å²) in [4.78, 5) is 51.1. The summed E-state index contributed by atoms with van der Waals surface area (Å²) in [5.74, 6) is 1.02. The Morgan fingerprint density at radius 3 is 1.19 bits per heavy atom. The van der Waals surface area contributed by atoms with Gasteiger partial charge in [-0.05, 0) is 60.7 Å². The standard InChI is InChI=1S/C34H25NO10P2/c36-20-25-10-1-5-14-30(25)41-46(42-31-15-6-2-11-26(31)21-37)40-24-29-34(18-9-19-35-29)45-47(43-32-16-7-3-12-27(32)22-38)44-33-17-8-4-13-28(33)23-39/h1-23H,24H2. The van der Waals surface area contributed by atoms with Gasteiger partial charge in [0.25, 0.3) is 0 Å². The van der Waals surface area contributed by atoms with Gasteiger partial charge in [0.05, 0.1) is 22.3 Å². The van der Waals surface area contributed by atoms with Crippen molar-refractivity contribution in [2.24, 2.45) is 0 Å². The normalized spacial score (nSPS) is 10.6. The first kappa shape index (κ1) is 32.9. The van der Waals surface area contributed by atoms with Gasteiger partial charge >= 0.3 is 17.2 Å². The number of benzene rings is 4. The van der Waals surface area contributed by atoms with Gasteiger partial charge in [0, 0.05) is 6.20 Å². The van der Waals surface area contributed by atoms with Crippen LogP contribution in [0.25, 0.3) is 0 Å². The molecule has 11 nitrogen and oxygen atoms in total. The largest absolute Gasteiger partial charge is 0.530 e. The van der Waals surface area contributed by atoms with E-state index in [2.05, 4.69) is 4.98 Å². The molecule has 0 fully saturated rings. The van der Waals surface area contributed by atoms with Crippen molar-refractivity contribution in [1.82, 2.24) is 4.98 Å². The van der Waals surface area contributed by atoms with Crippen molar-refractivity contribution >= 4 is 42.3 Å². The third-order valence-corrected chi connectivity index (χ3v) is 8.27. The summed E-state index contributed by atoms with van der Waals surface area (Å²) < 4.78 is 36.2. The van der Waals surface area contributed by atoms with Crippen molar-refractivity contribution < 1.29 is 46.3 Å². The SMILES string of the molecule is O=Cc1ccccc1OP(OCc1ncccc1OP(Oc1ccccc1C=O)Oc1ccccc1C=O)Oc1ccccc1C=O. The molecule has 47 heavy (non-hydrogen) atoms. The summed E-state index contributed by atoms with van der Waals surface area (Å²) in [5, 5.41) is 0. The number of hydrogen-bond acceptors (Lipinski definition) is 11. The summed E-state index contributed by atoms with van der Waals surface area (Å²) in [6, 6.07) is 29.4. The van der Waals surface area contributed by atoms with Gasteiger partial charge in [-0.3, -0.25) is 28.7 Å². The van der Waals surface area contributed by atoms with Gasteiger partial charge < -0.3 is 22.6 Å². The Morgan fingerprint density at radius 1 is 0.447 bits per heavy atom. The maximum Gasteiger partial charge on any atom is 0.530 e. The van der Waals surface area contributed by atoms with E-state index >= 15 is 0 Å². The topological polar surface area (TPSA) is 137 Å². The highest BCUT2D eigenvalue weighted by Crippen LogP contribution is 2.47. The molecule has 0 aliphatic carbocycles. The molecule has 13 heteroatoms. The minimum atomic E-state index is -2.32. The van der Waals surface area contributed by atoms with Crippen molar-refractivity contribution in [3.05, 3.63) is 143 Å². The summed E-state index contributed by atoms with van der Waals surface area (Å²) in [5.41, 5.74) is 1.34. The van der Waals surface area contributed by atoms with Crippen molar-refractivity contribution in [3.8, 4) is 28.7 Å². The highest BCUT2D eigenvalue weighted by atomic mass is 31.2. The van der Waals surface area contributed by atoms with Gasteiger partial charge in [0.1, 0.15) is 35.3 Å². The quantitative estimate of drug-likeness (QED) is 0.0704. The van der Waals surface area contributed by atoms with Crippen LogP contribution in [-0.4, -0.2) is 30.1 Å². The number of pyridine rings is 1. The fourth-order valence-electron chi connectivity index (χ4n) is 3.90. The van der Waals surface area contributed by atoms with Crippen LogP contribution in [0.3, 0.4) is 0 Å². The molecule has 0 spiro atoms. The van der Waals surface area contributed by atoms with Gasteiger partial charge in [-0.15, -0.1) is 0 Å². The van der Waals surface area contributed by atoms with Gasteiger partial charge in [0.15, 0.2) is 30.9 Å². The maximum absolute atomic E-state index is 11.7. The number of para-hydroxylation sites is 4. The Balaban J connectivity index is 1.41. The minimum Gasteiger partial charge on any atom is -0.417 e. The molecule has 5 rings (SSSR count). The van der Waals surface area contributed by atoms with E-state index in [0.717, 1.165) is 0 Å². The van der Waals surface area contributed by atoms with E-state index in [1.54, 1.807) is 109 Å². The van der Waals surface area contributed by atoms with Crippen LogP contribution in [0.15, 0.2) is 115 Å². The molecule has 0 atom stereocenters. The average Bonchev–Trinajstić information content (AvgIpc) is 3.12. The molecule has 0 radical (unpaired) electrons. The van der Waals surface area contributed by atoms with Gasteiger partial charge in [0.2, 0.25) is 0 Å². The molecule has 1 heterocycles. The summed E-state index contributed by atoms with van der Waals surface area (Å²) in [6.45, 7) is -0.215. The molecule has 0 amide bonds. The monoisotopic (exact) mass is 669 g/mol. The maximum atomic E-state index is 11.7. The molecule has 4 aromatic carbocycles. The number of hydrogen-bond donors (Lipinski definition) is 0. The molecule has 0 aliphatic rings. The summed E-state index contributed by atoms with van der Waals surface area (Å²) >= 11 is 0. The lowest BCUT2D eigenvalue weighted by atomic mass is 10.2. The van der Waals surface area contributed by atoms with Crippen LogP contribution >= 0.6 is 17.2 Å². The zero-order valence-corrected chi connectivity index (χ0v) is 26.2. The average molecular weight is 670 g/mol. The van der Waals surface area contributed by atoms with Gasteiger partial charge in [-0.2, -0.15) is 0 Å². The van der Waals surface area contributed by atoms with Crippen LogP contribution in [0.4, 0.5) is 0 Å². The van der Waals surface area contributed by atoms with Crippen LogP contribution < -0.4 is 22.6 Å². The predicted octanol–water partition coefficient (Wildman–Crippen LogP) is 8.00. The first-order valence-electron chi connectivity index (χ1n) is 13.9. The fourth-order valence-corrected chi connectivity index (χ4v) is 6.02. The number of carbonyl (C=O) groups is 4. The molecule has 0 bridgehead atoms. The van der Waals surface area contributed by atoms with Gasteiger partial charge in [-0.1, -0.05) is 48.5 Å². The lowest BCUT2D eigenvalue weighted by molar-refractivity contribution is 0.111. The number of rotatable bonds is 17. The Bertz CT molecular complexity index is 1750.